The monoisotopic (exact) mass is 533 g/mol. The van der Waals surface area contributed by atoms with Gasteiger partial charge in [0.1, 0.15) is 18.6 Å². The Morgan fingerprint density at radius 2 is 1.89 bits per heavy atom. The van der Waals surface area contributed by atoms with Crippen LogP contribution in [0.1, 0.15) is 31.2 Å². The lowest BCUT2D eigenvalue weighted by molar-refractivity contribution is -0.182. The lowest BCUT2D eigenvalue weighted by atomic mass is 9.97. The van der Waals surface area contributed by atoms with Crippen LogP contribution < -0.4 is 22.5 Å². The molecule has 14 heteroatoms. The van der Waals surface area contributed by atoms with Crippen molar-refractivity contribution in [2.24, 2.45) is 22.2 Å². The molecule has 2 amide bonds. The summed E-state index contributed by atoms with van der Waals surface area (Å²) >= 11 is 0. The number of rotatable bonds is 11. The van der Waals surface area contributed by atoms with Crippen LogP contribution in [0, 0.1) is 0 Å². The van der Waals surface area contributed by atoms with Gasteiger partial charge < -0.3 is 37.6 Å². The molecule has 2 saturated heterocycles. The lowest BCUT2D eigenvalue weighted by Gasteiger charge is -2.35. The number of carboxylic acid groups (broad SMARTS) is 2. The van der Waals surface area contributed by atoms with Crippen molar-refractivity contribution in [3.05, 3.63) is 35.9 Å². The zero-order valence-corrected chi connectivity index (χ0v) is 20.9. The molecule has 2 fully saturated rings. The number of guanidine groups is 1. The summed E-state index contributed by atoms with van der Waals surface area (Å²) in [5, 5.41) is 23.4. The predicted molar refractivity (Wildman–Crippen MR) is 135 cm³/mol. The van der Waals surface area contributed by atoms with Crippen LogP contribution >= 0.6 is 0 Å². The highest BCUT2D eigenvalue weighted by Gasteiger charge is 2.44. The topological polar surface area (TPSA) is 227 Å². The number of nitrogens with one attached hydrogen (secondary N) is 1. The Morgan fingerprint density at radius 1 is 1.18 bits per heavy atom. The summed E-state index contributed by atoms with van der Waals surface area (Å²) in [4.78, 5) is 61.3. The van der Waals surface area contributed by atoms with E-state index in [1.54, 1.807) is 30.3 Å². The summed E-state index contributed by atoms with van der Waals surface area (Å²) in [7, 11) is 0. The van der Waals surface area contributed by atoms with E-state index in [2.05, 4.69) is 10.3 Å². The van der Waals surface area contributed by atoms with E-state index in [-0.39, 0.29) is 25.5 Å². The van der Waals surface area contributed by atoms with E-state index < -0.39 is 60.4 Å². The van der Waals surface area contributed by atoms with Crippen LogP contribution in [-0.4, -0.2) is 99.8 Å². The van der Waals surface area contributed by atoms with Crippen molar-refractivity contribution < 1.29 is 34.2 Å². The van der Waals surface area contributed by atoms with Gasteiger partial charge in [0.2, 0.25) is 11.8 Å². The minimum absolute atomic E-state index is 0.0141. The molecule has 208 valence electrons. The Morgan fingerprint density at radius 3 is 2.53 bits per heavy atom. The summed E-state index contributed by atoms with van der Waals surface area (Å²) in [5.74, 6) is -4.03. The predicted octanol–water partition coefficient (Wildman–Crippen LogP) is -1.76. The number of hydroxylamine groups is 2. The molecule has 14 nitrogen and oxygen atoms in total. The van der Waals surface area contributed by atoms with Crippen LogP contribution in [0.4, 0.5) is 0 Å². The number of hydrogen-bond acceptors (Lipinski definition) is 8. The minimum atomic E-state index is -1.44. The first-order chi connectivity index (χ1) is 18.0. The van der Waals surface area contributed by atoms with Crippen molar-refractivity contribution in [1.29, 1.82) is 0 Å². The number of carbonyl (C=O) groups is 4. The maximum atomic E-state index is 13.6. The van der Waals surface area contributed by atoms with Crippen molar-refractivity contribution in [3.8, 4) is 0 Å². The van der Waals surface area contributed by atoms with Crippen molar-refractivity contribution in [2.75, 3.05) is 19.6 Å². The van der Waals surface area contributed by atoms with Gasteiger partial charge in [-0.05, 0) is 24.8 Å². The standard InChI is InChI=1S/C24H35N7O7/c25-16(7-4-8-28-24(26)27)18-10-15-12-30(19(23(36)37)9-14-5-2-1-3-6-14)22(35)17(11-21(33)34)29-20(32)13-31(18)38-15/h1-3,5-6,15-19H,4,7-13,25H2,(H,29,32)(H,33,34)(H,36,37)(H4,26,27,28)/t15?,16-,17-,18?,19-/m0/s1. The third-order valence-electron chi connectivity index (χ3n) is 6.57. The Balaban J connectivity index is 1.88. The number of amides is 2. The number of nitrogens with two attached hydrogens (primary N) is 3. The van der Waals surface area contributed by atoms with Crippen LogP contribution in [0.2, 0.25) is 0 Å². The number of aliphatic carboxylic acids is 2. The fourth-order valence-electron chi connectivity index (χ4n) is 4.79. The number of benzene rings is 1. The van der Waals surface area contributed by atoms with Crippen LogP contribution in [-0.2, 0) is 30.4 Å². The number of carboxylic acids is 2. The molecule has 3 unspecified atom stereocenters. The molecule has 0 aromatic heterocycles. The van der Waals surface area contributed by atoms with Gasteiger partial charge in [-0.3, -0.25) is 24.2 Å². The van der Waals surface area contributed by atoms with E-state index in [1.165, 1.54) is 5.06 Å². The van der Waals surface area contributed by atoms with E-state index >= 15 is 0 Å². The SMILES string of the molecule is NC(N)=NCCC[C@H](N)C1CC2CN([C@@H](Cc3ccccc3)C(=O)O)C(=O)[C@H](CC(=O)O)NC(=O)CN1O2. The van der Waals surface area contributed by atoms with Crippen LogP contribution in [0.5, 0.6) is 0 Å². The zero-order valence-electron chi connectivity index (χ0n) is 20.9. The van der Waals surface area contributed by atoms with Gasteiger partial charge in [0.25, 0.3) is 0 Å². The molecule has 1 aromatic carbocycles. The molecule has 3 rings (SSSR count). The fraction of sp³-hybridized carbons (Fsp3) is 0.542. The summed E-state index contributed by atoms with van der Waals surface area (Å²) in [6.07, 6.45) is 0.0800. The van der Waals surface area contributed by atoms with E-state index in [0.29, 0.717) is 31.4 Å². The van der Waals surface area contributed by atoms with E-state index in [1.807, 2.05) is 0 Å². The zero-order chi connectivity index (χ0) is 27.8. The molecule has 9 N–H and O–H groups in total. The molecule has 0 saturated carbocycles. The summed E-state index contributed by atoms with van der Waals surface area (Å²) in [5.41, 5.74) is 17.8. The number of hydrogen-bond donors (Lipinski definition) is 6. The van der Waals surface area contributed by atoms with E-state index in [0.717, 1.165) is 4.90 Å². The van der Waals surface area contributed by atoms with Crippen molar-refractivity contribution in [3.63, 3.8) is 0 Å². The quantitative estimate of drug-likeness (QED) is 0.106. The third-order valence-corrected chi connectivity index (χ3v) is 6.57. The first kappa shape index (κ1) is 28.8. The Bertz CT molecular complexity index is 1030. The van der Waals surface area contributed by atoms with Gasteiger partial charge in [-0.15, -0.1) is 0 Å². The first-order valence-corrected chi connectivity index (χ1v) is 12.4. The Hall–Kier alpha value is -3.75. The Kier molecular flexibility index (Phi) is 9.98. The number of aliphatic imine (C=N–C) groups is 1. The van der Waals surface area contributed by atoms with Gasteiger partial charge in [0, 0.05) is 25.6 Å². The third kappa shape index (κ3) is 7.87. The first-order valence-electron chi connectivity index (χ1n) is 12.4. The van der Waals surface area contributed by atoms with Crippen LogP contribution in [0.25, 0.3) is 0 Å². The summed E-state index contributed by atoms with van der Waals surface area (Å²) in [6, 6.07) is 5.18. The highest BCUT2D eigenvalue weighted by Crippen LogP contribution is 2.27. The number of fused-ring (bicyclic) bond motifs is 2. The van der Waals surface area contributed by atoms with Gasteiger partial charge in [-0.1, -0.05) is 30.3 Å². The molecule has 6 atom stereocenters. The average Bonchev–Trinajstić information content (AvgIpc) is 3.24. The lowest BCUT2D eigenvalue weighted by Crippen LogP contribution is -2.58. The highest BCUT2D eigenvalue weighted by atomic mass is 16.7. The van der Waals surface area contributed by atoms with E-state index in [4.69, 9.17) is 22.0 Å². The van der Waals surface area contributed by atoms with Gasteiger partial charge in [0.05, 0.1) is 18.6 Å². The second-order valence-electron chi connectivity index (χ2n) is 9.47. The van der Waals surface area contributed by atoms with Gasteiger partial charge in [-0.25, -0.2) is 4.79 Å². The van der Waals surface area contributed by atoms with Gasteiger partial charge in [0.15, 0.2) is 5.96 Å². The molecule has 1 aromatic rings. The molecular formula is C24H35N7O7. The van der Waals surface area contributed by atoms with Crippen molar-refractivity contribution in [2.45, 2.75) is 62.4 Å². The second kappa shape index (κ2) is 13.2. The van der Waals surface area contributed by atoms with Gasteiger partial charge in [-0.2, -0.15) is 5.06 Å². The van der Waals surface area contributed by atoms with E-state index in [9.17, 15) is 29.4 Å². The summed E-state index contributed by atoms with van der Waals surface area (Å²) < 4.78 is 0. The molecule has 0 radical (unpaired) electrons. The molecular weight excluding hydrogens is 498 g/mol. The molecule has 0 aliphatic carbocycles. The number of nitrogens with zero attached hydrogens (tertiary/aromatic N) is 3. The van der Waals surface area contributed by atoms with Crippen molar-refractivity contribution in [1.82, 2.24) is 15.3 Å². The highest BCUT2D eigenvalue weighted by molar-refractivity contribution is 5.93. The molecule has 2 aliphatic heterocycles. The molecule has 2 bridgehead atoms. The minimum Gasteiger partial charge on any atom is -0.481 e. The molecule has 2 heterocycles. The maximum absolute atomic E-state index is 13.6. The molecule has 2 aliphatic rings. The largest absolute Gasteiger partial charge is 0.481 e. The molecule has 0 spiro atoms. The normalized spacial score (nSPS) is 25.2. The van der Waals surface area contributed by atoms with Crippen molar-refractivity contribution >= 4 is 29.7 Å². The fourth-order valence-corrected chi connectivity index (χ4v) is 4.79. The van der Waals surface area contributed by atoms with Gasteiger partial charge >= 0.3 is 11.9 Å². The van der Waals surface area contributed by atoms with Crippen LogP contribution in [0.15, 0.2) is 35.3 Å². The molecule has 38 heavy (non-hydrogen) atoms. The average molecular weight is 534 g/mol. The van der Waals surface area contributed by atoms with Crippen LogP contribution in [0.3, 0.4) is 0 Å². The smallest absolute Gasteiger partial charge is 0.326 e. The summed E-state index contributed by atoms with van der Waals surface area (Å²) in [6.45, 7) is -0.00661. The number of carbonyl (C=O) groups excluding carboxylic acids is 2. The second-order valence-corrected chi connectivity index (χ2v) is 9.47. The maximum Gasteiger partial charge on any atom is 0.326 e. The Labute approximate surface area is 219 Å².